The van der Waals surface area contributed by atoms with E-state index in [0.717, 1.165) is 66.8 Å². The number of nitrogens with zero attached hydrogens (tertiary/aromatic N) is 6. The Kier molecular flexibility index (Phi) is 10.2. The smallest absolute Gasteiger partial charge is 0.164 e. The topological polar surface area (TPSA) is 77.3 Å². The molecule has 0 unspecified atom stereocenters. The van der Waals surface area contributed by atoms with Crippen molar-refractivity contribution in [3.05, 3.63) is 217 Å². The molecule has 10 aromatic rings. The molecule has 0 aliphatic heterocycles. The van der Waals surface area contributed by atoms with E-state index >= 15 is 0 Å². The van der Waals surface area contributed by atoms with Gasteiger partial charge < -0.3 is 0 Å². The molecule has 0 spiro atoms. The molecule has 0 aliphatic carbocycles. The van der Waals surface area contributed by atoms with E-state index in [0.29, 0.717) is 40.0 Å². The van der Waals surface area contributed by atoms with Gasteiger partial charge in [0.15, 0.2) is 34.9 Å². The van der Waals surface area contributed by atoms with Crippen LogP contribution in [0.25, 0.3) is 102 Å². The molecule has 0 N–H and O–H groups in total. The third kappa shape index (κ3) is 8.08. The van der Waals surface area contributed by atoms with Crippen molar-refractivity contribution in [3.8, 4) is 102 Å². The molecule has 2 aromatic heterocycles. The molecule has 0 aliphatic rings. The highest BCUT2D eigenvalue weighted by atomic mass is 35.5. The fourth-order valence-corrected chi connectivity index (χ4v) is 7.61. The van der Waals surface area contributed by atoms with Crippen LogP contribution in [0.3, 0.4) is 0 Å². The average molecular weight is 803 g/mol. The van der Waals surface area contributed by atoms with Gasteiger partial charge in [-0.1, -0.05) is 188 Å². The van der Waals surface area contributed by atoms with Crippen LogP contribution in [-0.2, 0) is 0 Å². The molecule has 0 saturated heterocycles. The Morgan fingerprint density at radius 2 is 0.557 bits per heavy atom. The van der Waals surface area contributed by atoms with E-state index in [2.05, 4.69) is 78.9 Å². The van der Waals surface area contributed by atoms with Gasteiger partial charge in [-0.3, -0.25) is 0 Å². The SMILES string of the molecule is Clc1cccc(-c2nc(-c3ccccc3)nc(-c3ccccc3-c3cc(-c4cccc(-c5ccccc5)c4)cc(-c4nc(-c5ccccc5)nc(-c5ccccc5)n4)c3)n2)c1. The number of aromatic nitrogens is 6. The average Bonchev–Trinajstić information content (AvgIpc) is 3.34. The van der Waals surface area contributed by atoms with E-state index in [-0.39, 0.29) is 0 Å². The van der Waals surface area contributed by atoms with Gasteiger partial charge in [0.25, 0.3) is 0 Å². The van der Waals surface area contributed by atoms with E-state index in [1.54, 1.807) is 0 Å². The number of benzene rings is 8. The van der Waals surface area contributed by atoms with Crippen molar-refractivity contribution in [2.24, 2.45) is 0 Å². The fraction of sp³-hybridized carbons (Fsp3) is 0. The molecule has 10 rings (SSSR count). The quantitative estimate of drug-likeness (QED) is 0.145. The summed E-state index contributed by atoms with van der Waals surface area (Å²) in [7, 11) is 0. The van der Waals surface area contributed by atoms with E-state index in [4.69, 9.17) is 41.5 Å². The summed E-state index contributed by atoms with van der Waals surface area (Å²) in [4.78, 5) is 30.4. The van der Waals surface area contributed by atoms with Crippen molar-refractivity contribution in [2.45, 2.75) is 0 Å². The monoisotopic (exact) mass is 802 g/mol. The standard InChI is InChI=1S/C54H35ClN6/c55-46-28-16-27-42(35-46)52-57-51(39-23-11-4-12-24-39)60-54(61-52)48-30-14-13-29-47(48)44-32-43(41-26-15-25-40(31-41)36-17-5-1-6-18-36)33-45(34-44)53-58-49(37-19-7-2-8-20-37)56-50(59-53)38-21-9-3-10-22-38/h1-35H. The molecule has 0 atom stereocenters. The third-order valence-electron chi connectivity index (χ3n) is 10.4. The summed E-state index contributed by atoms with van der Waals surface area (Å²) in [6.45, 7) is 0. The molecule has 0 radical (unpaired) electrons. The second-order valence-electron chi connectivity index (χ2n) is 14.5. The number of halogens is 1. The van der Waals surface area contributed by atoms with Crippen molar-refractivity contribution in [1.29, 1.82) is 0 Å². The highest BCUT2D eigenvalue weighted by Gasteiger charge is 2.19. The summed E-state index contributed by atoms with van der Waals surface area (Å²) < 4.78 is 0. The fourth-order valence-electron chi connectivity index (χ4n) is 7.42. The van der Waals surface area contributed by atoms with E-state index in [9.17, 15) is 0 Å². The zero-order valence-electron chi connectivity index (χ0n) is 32.8. The second kappa shape index (κ2) is 16.7. The van der Waals surface area contributed by atoms with Gasteiger partial charge >= 0.3 is 0 Å². The lowest BCUT2D eigenvalue weighted by Gasteiger charge is -2.15. The molecule has 7 heteroatoms. The number of hydrogen-bond acceptors (Lipinski definition) is 6. The van der Waals surface area contributed by atoms with Gasteiger partial charge in [-0.25, -0.2) is 29.9 Å². The summed E-state index contributed by atoms with van der Waals surface area (Å²) in [5, 5.41) is 0.603. The molecule has 0 fully saturated rings. The van der Waals surface area contributed by atoms with Gasteiger partial charge in [-0.05, 0) is 69.8 Å². The maximum Gasteiger partial charge on any atom is 0.164 e. The zero-order valence-corrected chi connectivity index (χ0v) is 33.5. The Morgan fingerprint density at radius 3 is 1.10 bits per heavy atom. The van der Waals surface area contributed by atoms with Crippen LogP contribution in [-0.4, -0.2) is 29.9 Å². The third-order valence-corrected chi connectivity index (χ3v) is 10.7. The Morgan fingerprint density at radius 1 is 0.213 bits per heavy atom. The summed E-state index contributed by atoms with van der Waals surface area (Å²) >= 11 is 6.49. The molecule has 0 amide bonds. The van der Waals surface area contributed by atoms with Crippen LogP contribution in [0.2, 0.25) is 5.02 Å². The first-order valence-electron chi connectivity index (χ1n) is 20.0. The molecule has 8 aromatic carbocycles. The molecular weight excluding hydrogens is 768 g/mol. The highest BCUT2D eigenvalue weighted by Crippen LogP contribution is 2.38. The van der Waals surface area contributed by atoms with Crippen molar-refractivity contribution >= 4 is 11.6 Å². The van der Waals surface area contributed by atoms with Crippen molar-refractivity contribution in [3.63, 3.8) is 0 Å². The Hall–Kier alpha value is -7.93. The molecule has 61 heavy (non-hydrogen) atoms. The summed E-state index contributed by atoms with van der Waals surface area (Å²) in [5.74, 6) is 3.37. The normalized spacial score (nSPS) is 11.0. The Bertz CT molecular complexity index is 3080. The molecule has 6 nitrogen and oxygen atoms in total. The van der Waals surface area contributed by atoms with Gasteiger partial charge in [0.05, 0.1) is 0 Å². The minimum Gasteiger partial charge on any atom is -0.208 e. The first kappa shape index (κ1) is 37.3. The number of rotatable bonds is 9. The van der Waals surface area contributed by atoms with Gasteiger partial charge in [-0.15, -0.1) is 0 Å². The lowest BCUT2D eigenvalue weighted by atomic mass is 9.92. The second-order valence-corrected chi connectivity index (χ2v) is 14.9. The molecular formula is C54H35ClN6. The minimum absolute atomic E-state index is 0.528. The van der Waals surface area contributed by atoms with Crippen LogP contribution in [0.1, 0.15) is 0 Å². The van der Waals surface area contributed by atoms with Crippen molar-refractivity contribution in [2.75, 3.05) is 0 Å². The van der Waals surface area contributed by atoms with Crippen LogP contribution in [0.4, 0.5) is 0 Å². The van der Waals surface area contributed by atoms with Crippen LogP contribution >= 0.6 is 11.6 Å². The largest absolute Gasteiger partial charge is 0.208 e. The lowest BCUT2D eigenvalue weighted by Crippen LogP contribution is -2.02. The predicted molar refractivity (Wildman–Crippen MR) is 247 cm³/mol. The molecule has 0 bridgehead atoms. The molecule has 288 valence electrons. The maximum atomic E-state index is 6.49. The van der Waals surface area contributed by atoms with Gasteiger partial charge in [-0.2, -0.15) is 0 Å². The van der Waals surface area contributed by atoms with Crippen molar-refractivity contribution in [1.82, 2.24) is 29.9 Å². The predicted octanol–water partition coefficient (Wildman–Crippen LogP) is 13.7. The summed E-state index contributed by atoms with van der Waals surface area (Å²) in [6, 6.07) is 71.5. The minimum atomic E-state index is 0.528. The highest BCUT2D eigenvalue weighted by molar-refractivity contribution is 6.30. The van der Waals surface area contributed by atoms with Crippen LogP contribution in [0, 0.1) is 0 Å². The number of hydrogen-bond donors (Lipinski definition) is 0. The molecule has 0 saturated carbocycles. The van der Waals surface area contributed by atoms with Gasteiger partial charge in [0, 0.05) is 38.4 Å². The Balaban J connectivity index is 1.20. The first-order chi connectivity index (χ1) is 30.1. The van der Waals surface area contributed by atoms with E-state index in [1.807, 2.05) is 133 Å². The lowest BCUT2D eigenvalue weighted by molar-refractivity contribution is 1.07. The van der Waals surface area contributed by atoms with Crippen molar-refractivity contribution < 1.29 is 0 Å². The zero-order chi connectivity index (χ0) is 41.0. The van der Waals surface area contributed by atoms with E-state index in [1.165, 1.54) is 0 Å². The van der Waals surface area contributed by atoms with Crippen LogP contribution in [0.5, 0.6) is 0 Å². The van der Waals surface area contributed by atoms with Crippen LogP contribution in [0.15, 0.2) is 212 Å². The maximum absolute atomic E-state index is 6.49. The van der Waals surface area contributed by atoms with Crippen LogP contribution < -0.4 is 0 Å². The Labute approximate surface area is 359 Å². The van der Waals surface area contributed by atoms with Gasteiger partial charge in [0.2, 0.25) is 0 Å². The van der Waals surface area contributed by atoms with E-state index < -0.39 is 0 Å². The first-order valence-corrected chi connectivity index (χ1v) is 20.3. The summed E-state index contributed by atoms with van der Waals surface area (Å²) in [6.07, 6.45) is 0. The summed E-state index contributed by atoms with van der Waals surface area (Å²) in [5.41, 5.74) is 11.4. The van der Waals surface area contributed by atoms with Gasteiger partial charge in [0.1, 0.15) is 0 Å². The molecule has 2 heterocycles.